The van der Waals surface area contributed by atoms with Crippen LogP contribution in [0.25, 0.3) is 0 Å². The van der Waals surface area contributed by atoms with Gasteiger partial charge < -0.3 is 19.4 Å². The van der Waals surface area contributed by atoms with Gasteiger partial charge in [0, 0.05) is 12.6 Å². The lowest BCUT2D eigenvalue weighted by Gasteiger charge is -2.28. The van der Waals surface area contributed by atoms with Gasteiger partial charge in [0.05, 0.1) is 11.0 Å². The number of likely N-dealkylation sites (tertiary alicyclic amines) is 1. The molecule has 130 valence electrons. The molecule has 1 aliphatic heterocycles. The second-order valence-corrected chi connectivity index (χ2v) is 8.34. The molecule has 2 heterocycles. The van der Waals surface area contributed by atoms with E-state index in [9.17, 15) is 4.79 Å². The van der Waals surface area contributed by atoms with Crippen LogP contribution in [0.4, 0.5) is 4.79 Å². The fourth-order valence-corrected chi connectivity index (χ4v) is 3.31. The number of hydrogen-bond acceptors (Lipinski definition) is 4. The van der Waals surface area contributed by atoms with Gasteiger partial charge in [0.25, 0.3) is 0 Å². The topological polar surface area (TPSA) is 54.7 Å². The Kier molecular flexibility index (Phi) is 6.57. The van der Waals surface area contributed by atoms with E-state index in [1.807, 2.05) is 31.7 Å². The molecule has 5 nitrogen and oxygen atoms in total. The second-order valence-electron chi connectivity index (χ2n) is 6.77. The van der Waals surface area contributed by atoms with E-state index in [-0.39, 0.29) is 12.1 Å². The van der Waals surface area contributed by atoms with E-state index in [0.717, 1.165) is 42.6 Å². The third kappa shape index (κ3) is 5.80. The lowest BCUT2D eigenvalue weighted by atomic mass is 10.1. The molecule has 0 aliphatic carbocycles. The number of nitrogens with zero attached hydrogens (tertiary/aromatic N) is 1. The van der Waals surface area contributed by atoms with Crippen molar-refractivity contribution in [2.45, 2.75) is 58.2 Å². The van der Waals surface area contributed by atoms with Crippen molar-refractivity contribution in [1.29, 1.82) is 0 Å². The van der Waals surface area contributed by atoms with Crippen LogP contribution in [-0.4, -0.2) is 35.7 Å². The summed E-state index contributed by atoms with van der Waals surface area (Å²) in [6, 6.07) is 2.20. The minimum Gasteiger partial charge on any atom is -0.452 e. The molecule has 23 heavy (non-hydrogen) atoms. The fourth-order valence-electron chi connectivity index (χ4n) is 2.66. The number of rotatable bonds is 5. The molecule has 1 aromatic heterocycles. The number of amides is 1. The zero-order valence-electron chi connectivity index (χ0n) is 13.8. The van der Waals surface area contributed by atoms with Crippen molar-refractivity contribution in [2.75, 3.05) is 13.1 Å². The first-order valence-corrected chi connectivity index (χ1v) is 9.49. The molecule has 1 saturated heterocycles. The smallest absolute Gasteiger partial charge is 0.410 e. The third-order valence-corrected chi connectivity index (χ3v) is 5.37. The van der Waals surface area contributed by atoms with E-state index in [4.69, 9.17) is 9.15 Å². The van der Waals surface area contributed by atoms with Crippen LogP contribution in [0.15, 0.2) is 19.6 Å². The van der Waals surface area contributed by atoms with E-state index in [1.165, 1.54) is 0 Å². The minimum atomic E-state index is -0.442. The zero-order chi connectivity index (χ0) is 17.0. The highest BCUT2D eigenvalue weighted by Gasteiger charge is 2.31. The van der Waals surface area contributed by atoms with E-state index in [2.05, 4.69) is 37.2 Å². The average molecular weight is 452 g/mol. The first-order valence-electron chi connectivity index (χ1n) is 7.90. The summed E-state index contributed by atoms with van der Waals surface area (Å²) in [4.78, 5) is 14.1. The summed E-state index contributed by atoms with van der Waals surface area (Å²) in [6.07, 6.45) is 2.81. The molecule has 0 aromatic carbocycles. The summed E-state index contributed by atoms with van der Waals surface area (Å²) in [5, 5.41) is 3.36. The van der Waals surface area contributed by atoms with Gasteiger partial charge in [0.15, 0.2) is 4.67 Å². The van der Waals surface area contributed by atoms with Gasteiger partial charge in [-0.05, 0) is 84.5 Å². The Bertz CT molecular complexity index is 520. The Morgan fingerprint density at radius 1 is 1.48 bits per heavy atom. The van der Waals surface area contributed by atoms with Gasteiger partial charge in [-0.3, -0.25) is 0 Å². The summed E-state index contributed by atoms with van der Waals surface area (Å²) < 4.78 is 12.6. The minimum absolute atomic E-state index is 0.195. The van der Waals surface area contributed by atoms with Crippen LogP contribution in [0.2, 0.25) is 0 Å². The van der Waals surface area contributed by atoms with Gasteiger partial charge in [0.2, 0.25) is 0 Å². The predicted octanol–water partition coefficient (Wildman–Crippen LogP) is 4.68. The van der Waals surface area contributed by atoms with E-state index in [0.29, 0.717) is 11.2 Å². The Morgan fingerprint density at radius 3 is 2.83 bits per heavy atom. The van der Waals surface area contributed by atoms with Crippen molar-refractivity contribution in [3.05, 3.63) is 21.0 Å². The molecule has 0 spiro atoms. The molecule has 1 atom stereocenters. The molecular weight excluding hydrogens is 428 g/mol. The van der Waals surface area contributed by atoms with Gasteiger partial charge in [0.1, 0.15) is 11.4 Å². The Balaban J connectivity index is 1.75. The number of halogens is 2. The molecule has 0 radical (unpaired) electrons. The van der Waals surface area contributed by atoms with Crippen molar-refractivity contribution in [3.63, 3.8) is 0 Å². The van der Waals surface area contributed by atoms with Crippen molar-refractivity contribution in [1.82, 2.24) is 10.2 Å². The number of nitrogens with one attached hydrogen (secondary N) is 1. The zero-order valence-corrected chi connectivity index (χ0v) is 17.0. The molecule has 1 aliphatic rings. The molecule has 1 aromatic rings. The Morgan fingerprint density at radius 2 is 2.22 bits per heavy atom. The highest BCUT2D eigenvalue weighted by Crippen LogP contribution is 2.27. The van der Waals surface area contributed by atoms with Crippen LogP contribution in [0.3, 0.4) is 0 Å². The molecule has 0 bridgehead atoms. The van der Waals surface area contributed by atoms with Gasteiger partial charge >= 0.3 is 6.09 Å². The van der Waals surface area contributed by atoms with Gasteiger partial charge in [-0.25, -0.2) is 4.79 Å². The largest absolute Gasteiger partial charge is 0.452 e. The first-order chi connectivity index (χ1) is 10.8. The molecular formula is C16H24Br2N2O3. The van der Waals surface area contributed by atoms with Crippen LogP contribution in [0, 0.1) is 0 Å². The predicted molar refractivity (Wildman–Crippen MR) is 96.4 cm³/mol. The molecule has 1 unspecified atom stereocenters. The lowest BCUT2D eigenvalue weighted by molar-refractivity contribution is 0.0220. The molecule has 0 saturated carbocycles. The molecule has 1 amide bonds. The van der Waals surface area contributed by atoms with Crippen LogP contribution in [0.5, 0.6) is 0 Å². The van der Waals surface area contributed by atoms with Crippen LogP contribution in [0.1, 0.15) is 45.8 Å². The summed E-state index contributed by atoms with van der Waals surface area (Å²) in [6.45, 7) is 7.99. The van der Waals surface area contributed by atoms with E-state index >= 15 is 0 Å². The monoisotopic (exact) mass is 450 g/mol. The normalized spacial score (nSPS) is 18.5. The highest BCUT2D eigenvalue weighted by atomic mass is 79.9. The average Bonchev–Trinajstić information content (AvgIpc) is 3.00. The number of carbonyl (C=O) groups excluding carboxylic acids is 1. The Labute approximate surface area is 154 Å². The summed E-state index contributed by atoms with van der Waals surface area (Å²) in [5.74, 6) is 0.874. The number of carbonyl (C=O) groups is 1. The van der Waals surface area contributed by atoms with Crippen LogP contribution in [-0.2, 0) is 11.3 Å². The van der Waals surface area contributed by atoms with Crippen molar-refractivity contribution in [2.24, 2.45) is 0 Å². The number of ether oxygens (including phenoxy) is 1. The fraction of sp³-hybridized carbons (Fsp3) is 0.688. The van der Waals surface area contributed by atoms with Gasteiger partial charge in [-0.1, -0.05) is 0 Å². The van der Waals surface area contributed by atoms with Crippen LogP contribution < -0.4 is 5.32 Å². The second kappa shape index (κ2) is 8.03. The molecule has 2 rings (SSSR count). The maximum atomic E-state index is 12.2. The van der Waals surface area contributed by atoms with Crippen LogP contribution >= 0.6 is 31.9 Å². The first kappa shape index (κ1) is 18.8. The molecule has 1 fully saturated rings. The summed E-state index contributed by atoms with van der Waals surface area (Å²) in [5.41, 5.74) is -0.442. The maximum Gasteiger partial charge on any atom is 0.410 e. The molecule has 1 N–H and O–H groups in total. The van der Waals surface area contributed by atoms with Gasteiger partial charge in [-0.15, -0.1) is 0 Å². The van der Waals surface area contributed by atoms with Crippen molar-refractivity contribution < 1.29 is 13.9 Å². The van der Waals surface area contributed by atoms with Gasteiger partial charge in [-0.2, -0.15) is 0 Å². The quantitative estimate of drug-likeness (QED) is 0.660. The number of furan rings is 1. The SMILES string of the molecule is CC(C)(C)OC(=O)N1CCCC1CCNCc1cc(Br)c(Br)o1. The summed E-state index contributed by atoms with van der Waals surface area (Å²) in [7, 11) is 0. The van der Waals surface area contributed by atoms with Crippen molar-refractivity contribution in [3.8, 4) is 0 Å². The van der Waals surface area contributed by atoms with E-state index in [1.54, 1.807) is 0 Å². The lowest BCUT2D eigenvalue weighted by Crippen LogP contribution is -2.40. The van der Waals surface area contributed by atoms with Crippen molar-refractivity contribution >= 4 is 38.0 Å². The number of hydrogen-bond donors (Lipinski definition) is 1. The highest BCUT2D eigenvalue weighted by molar-refractivity contribution is 9.13. The third-order valence-electron chi connectivity index (χ3n) is 3.65. The standard InChI is InChI=1S/C16H24Br2N2O3/c1-16(2,3)23-15(21)20-8-4-5-11(20)6-7-19-10-12-9-13(17)14(18)22-12/h9,11,19H,4-8,10H2,1-3H3. The van der Waals surface area contributed by atoms with E-state index < -0.39 is 5.60 Å². The maximum absolute atomic E-state index is 12.2. The Hall–Kier alpha value is -0.530. The molecule has 7 heteroatoms. The summed E-state index contributed by atoms with van der Waals surface area (Å²) >= 11 is 6.73.